The molecule has 0 bridgehead atoms. The normalized spacial score (nSPS) is 23.1. The summed E-state index contributed by atoms with van der Waals surface area (Å²) in [5.74, 6) is -0.420. The van der Waals surface area contributed by atoms with Gasteiger partial charge in [-0.2, -0.15) is 0 Å². The van der Waals surface area contributed by atoms with Crippen molar-refractivity contribution in [3.05, 3.63) is 33.3 Å². The summed E-state index contributed by atoms with van der Waals surface area (Å²) in [6.07, 6.45) is 1.18. The molecule has 2 atom stereocenters. The number of carbonyl (C=O) groups is 1. The van der Waals surface area contributed by atoms with Crippen molar-refractivity contribution in [2.45, 2.75) is 18.9 Å². The van der Waals surface area contributed by atoms with Crippen LogP contribution in [0.4, 0.5) is 0 Å². The summed E-state index contributed by atoms with van der Waals surface area (Å²) in [5.41, 5.74) is 7.99. The van der Waals surface area contributed by atoms with E-state index in [1.165, 1.54) is 7.11 Å². The zero-order chi connectivity index (χ0) is 12.6. The molecule has 0 fully saturated rings. The summed E-state index contributed by atoms with van der Waals surface area (Å²) in [4.78, 5) is 11.5. The molecule has 0 saturated heterocycles. The van der Waals surface area contributed by atoms with Gasteiger partial charge in [0.15, 0.2) is 0 Å². The SMILES string of the molecule is COC(=O)[C@@H]1Cc2cc(Cl)c(Cl)cc2[C@@H](N)C1. The van der Waals surface area contributed by atoms with Crippen LogP contribution in [0.2, 0.25) is 10.0 Å². The highest BCUT2D eigenvalue weighted by Crippen LogP contribution is 2.36. The molecule has 2 N–H and O–H groups in total. The van der Waals surface area contributed by atoms with Crippen LogP contribution in [0.15, 0.2) is 12.1 Å². The van der Waals surface area contributed by atoms with Gasteiger partial charge in [-0.3, -0.25) is 4.79 Å². The maximum atomic E-state index is 11.5. The lowest BCUT2D eigenvalue weighted by Crippen LogP contribution is -2.29. The molecule has 0 unspecified atom stereocenters. The molecule has 2 rings (SSSR count). The fourth-order valence-corrected chi connectivity index (χ4v) is 2.61. The van der Waals surface area contributed by atoms with Crippen LogP contribution in [0.25, 0.3) is 0 Å². The number of ether oxygens (including phenoxy) is 1. The molecule has 0 amide bonds. The molecule has 92 valence electrons. The van der Waals surface area contributed by atoms with Gasteiger partial charge < -0.3 is 10.5 Å². The molecule has 1 aliphatic rings. The van der Waals surface area contributed by atoms with Crippen LogP contribution in [0, 0.1) is 5.92 Å². The molecule has 0 aromatic heterocycles. The molecule has 3 nitrogen and oxygen atoms in total. The fraction of sp³-hybridized carbons (Fsp3) is 0.417. The third-order valence-electron chi connectivity index (χ3n) is 3.12. The molecular formula is C12H13Cl2NO2. The molecule has 0 aliphatic heterocycles. The number of hydrogen-bond acceptors (Lipinski definition) is 3. The number of rotatable bonds is 1. The Hall–Kier alpha value is -0.770. The summed E-state index contributed by atoms with van der Waals surface area (Å²) in [6.45, 7) is 0. The van der Waals surface area contributed by atoms with Crippen molar-refractivity contribution in [3.8, 4) is 0 Å². The van der Waals surface area contributed by atoms with Crippen molar-refractivity contribution in [2.75, 3.05) is 7.11 Å². The van der Waals surface area contributed by atoms with Crippen molar-refractivity contribution >= 4 is 29.2 Å². The summed E-state index contributed by atoms with van der Waals surface area (Å²) in [5, 5.41) is 0.987. The lowest BCUT2D eigenvalue weighted by Gasteiger charge is -2.28. The number of halogens is 2. The first kappa shape index (κ1) is 12.7. The van der Waals surface area contributed by atoms with E-state index in [1.807, 2.05) is 0 Å². The third kappa shape index (κ3) is 2.41. The second-order valence-corrected chi connectivity index (χ2v) is 5.05. The van der Waals surface area contributed by atoms with Crippen LogP contribution in [-0.2, 0) is 16.0 Å². The van der Waals surface area contributed by atoms with E-state index in [9.17, 15) is 4.79 Å². The lowest BCUT2D eigenvalue weighted by atomic mass is 9.81. The van der Waals surface area contributed by atoms with Gasteiger partial charge in [0, 0.05) is 6.04 Å². The number of methoxy groups -OCH3 is 1. The van der Waals surface area contributed by atoms with E-state index in [-0.39, 0.29) is 17.9 Å². The molecule has 0 spiro atoms. The number of carbonyl (C=O) groups excluding carboxylic acids is 1. The minimum absolute atomic E-state index is 0.195. The standard InChI is InChI=1S/C12H13Cl2NO2/c1-17-12(16)7-2-6-3-9(13)10(14)5-8(6)11(15)4-7/h3,5,7,11H,2,4,15H2,1H3/t7-,11+/m1/s1. The molecule has 1 aromatic carbocycles. The van der Waals surface area contributed by atoms with Gasteiger partial charge in [0.2, 0.25) is 0 Å². The van der Waals surface area contributed by atoms with Crippen molar-refractivity contribution in [2.24, 2.45) is 11.7 Å². The van der Waals surface area contributed by atoms with Gasteiger partial charge in [-0.15, -0.1) is 0 Å². The molecule has 0 saturated carbocycles. The van der Waals surface area contributed by atoms with Crippen molar-refractivity contribution in [1.82, 2.24) is 0 Å². The Kier molecular flexibility index (Phi) is 3.61. The summed E-state index contributed by atoms with van der Waals surface area (Å²) >= 11 is 11.9. The van der Waals surface area contributed by atoms with Crippen molar-refractivity contribution < 1.29 is 9.53 Å². The Balaban J connectivity index is 2.36. The van der Waals surface area contributed by atoms with Gasteiger partial charge >= 0.3 is 5.97 Å². The Labute approximate surface area is 110 Å². The van der Waals surface area contributed by atoms with Crippen LogP contribution in [0.3, 0.4) is 0 Å². The number of fused-ring (bicyclic) bond motifs is 1. The Morgan fingerprint density at radius 2 is 2.06 bits per heavy atom. The first-order valence-corrected chi connectivity index (χ1v) is 6.09. The van der Waals surface area contributed by atoms with Gasteiger partial charge in [0.05, 0.1) is 23.1 Å². The largest absolute Gasteiger partial charge is 0.469 e. The molecule has 0 heterocycles. The first-order chi connectivity index (χ1) is 8.02. The van der Waals surface area contributed by atoms with E-state index in [0.29, 0.717) is 22.9 Å². The number of nitrogens with two attached hydrogens (primary N) is 1. The topological polar surface area (TPSA) is 52.3 Å². The maximum Gasteiger partial charge on any atom is 0.309 e. The summed E-state index contributed by atoms with van der Waals surface area (Å²) in [6, 6.07) is 3.38. The predicted octanol–water partition coefficient (Wildman–Crippen LogP) is 2.73. The predicted molar refractivity (Wildman–Crippen MR) is 67.2 cm³/mol. The zero-order valence-electron chi connectivity index (χ0n) is 9.37. The van der Waals surface area contributed by atoms with Crippen LogP contribution < -0.4 is 5.73 Å². The van der Waals surface area contributed by atoms with Crippen LogP contribution >= 0.6 is 23.2 Å². The number of esters is 1. The second kappa shape index (κ2) is 4.84. The molecule has 0 radical (unpaired) electrons. The first-order valence-electron chi connectivity index (χ1n) is 5.34. The van der Waals surface area contributed by atoms with Crippen molar-refractivity contribution in [1.29, 1.82) is 0 Å². The quantitative estimate of drug-likeness (QED) is 0.801. The molecule has 1 aliphatic carbocycles. The van der Waals surface area contributed by atoms with Crippen LogP contribution in [-0.4, -0.2) is 13.1 Å². The lowest BCUT2D eigenvalue weighted by molar-refractivity contribution is -0.146. The van der Waals surface area contributed by atoms with E-state index in [1.54, 1.807) is 12.1 Å². The van der Waals surface area contributed by atoms with E-state index >= 15 is 0 Å². The molecule has 17 heavy (non-hydrogen) atoms. The number of hydrogen-bond donors (Lipinski definition) is 1. The minimum Gasteiger partial charge on any atom is -0.469 e. The van der Waals surface area contributed by atoms with E-state index in [2.05, 4.69) is 0 Å². The highest BCUT2D eigenvalue weighted by molar-refractivity contribution is 6.42. The van der Waals surface area contributed by atoms with Crippen LogP contribution in [0.5, 0.6) is 0 Å². The summed E-state index contributed by atoms with van der Waals surface area (Å²) < 4.78 is 4.75. The minimum atomic E-state index is -0.225. The van der Waals surface area contributed by atoms with E-state index < -0.39 is 0 Å². The highest BCUT2D eigenvalue weighted by atomic mass is 35.5. The van der Waals surface area contributed by atoms with Crippen molar-refractivity contribution in [3.63, 3.8) is 0 Å². The Morgan fingerprint density at radius 1 is 1.41 bits per heavy atom. The summed E-state index contributed by atoms with van der Waals surface area (Å²) in [7, 11) is 1.39. The van der Waals surface area contributed by atoms with E-state index in [0.717, 1.165) is 11.1 Å². The maximum absolute atomic E-state index is 11.5. The Morgan fingerprint density at radius 3 is 2.71 bits per heavy atom. The van der Waals surface area contributed by atoms with Gasteiger partial charge in [-0.05, 0) is 36.1 Å². The van der Waals surface area contributed by atoms with Gasteiger partial charge in [0.1, 0.15) is 0 Å². The average Bonchev–Trinajstić information content (AvgIpc) is 2.30. The van der Waals surface area contributed by atoms with Crippen LogP contribution in [0.1, 0.15) is 23.6 Å². The average molecular weight is 274 g/mol. The molecule has 1 aromatic rings. The second-order valence-electron chi connectivity index (χ2n) is 4.23. The van der Waals surface area contributed by atoms with Gasteiger partial charge in [0.25, 0.3) is 0 Å². The molecular weight excluding hydrogens is 261 g/mol. The zero-order valence-corrected chi connectivity index (χ0v) is 10.9. The van der Waals surface area contributed by atoms with E-state index in [4.69, 9.17) is 33.7 Å². The molecule has 5 heteroatoms. The van der Waals surface area contributed by atoms with Gasteiger partial charge in [-0.25, -0.2) is 0 Å². The Bertz CT molecular complexity index is 462. The fourth-order valence-electron chi connectivity index (χ4n) is 2.25. The third-order valence-corrected chi connectivity index (χ3v) is 3.84. The smallest absolute Gasteiger partial charge is 0.309 e. The highest BCUT2D eigenvalue weighted by Gasteiger charge is 2.30. The number of benzene rings is 1. The van der Waals surface area contributed by atoms with Gasteiger partial charge in [-0.1, -0.05) is 23.2 Å². The monoisotopic (exact) mass is 273 g/mol.